The van der Waals surface area contributed by atoms with Gasteiger partial charge in [0.2, 0.25) is 0 Å². The fraction of sp³-hybridized carbons (Fsp3) is 0.550. The van der Waals surface area contributed by atoms with E-state index in [-0.39, 0.29) is 36.4 Å². The van der Waals surface area contributed by atoms with Gasteiger partial charge in [0.05, 0.1) is 23.9 Å². The van der Waals surface area contributed by atoms with Crippen LogP contribution in [-0.2, 0) is 22.4 Å². The average Bonchev–Trinajstić information content (AvgIpc) is 3.25. The molecule has 1 aromatic heterocycles. The molecule has 0 N–H and O–H groups in total. The number of fused-ring (bicyclic) bond motifs is 2. The Kier molecular flexibility index (Phi) is 5.01. The van der Waals surface area contributed by atoms with Crippen LogP contribution in [0.1, 0.15) is 70.9 Å². The first-order chi connectivity index (χ1) is 13.1. The van der Waals surface area contributed by atoms with Crippen molar-refractivity contribution >= 4 is 17.8 Å². The largest absolute Gasteiger partial charge is 0.464 e. The minimum Gasteiger partial charge on any atom is -0.464 e. The van der Waals surface area contributed by atoms with Gasteiger partial charge in [0.1, 0.15) is 6.61 Å². The van der Waals surface area contributed by atoms with Gasteiger partial charge in [0.25, 0.3) is 11.8 Å². The maximum atomic E-state index is 12.6. The molecule has 1 aromatic rings. The van der Waals surface area contributed by atoms with E-state index in [4.69, 9.17) is 4.74 Å². The zero-order valence-corrected chi connectivity index (χ0v) is 15.3. The highest BCUT2D eigenvalue weighted by molar-refractivity contribution is 6.19. The Balaban J connectivity index is 1.44. The summed E-state index contributed by atoms with van der Waals surface area (Å²) in [5, 5.41) is 0. The lowest BCUT2D eigenvalue weighted by molar-refractivity contribution is -0.148. The van der Waals surface area contributed by atoms with Gasteiger partial charge in [-0.05, 0) is 38.5 Å². The van der Waals surface area contributed by atoms with Crippen LogP contribution in [0.4, 0.5) is 0 Å². The Morgan fingerprint density at radius 1 is 1.00 bits per heavy atom. The van der Waals surface area contributed by atoms with Gasteiger partial charge in [0.15, 0.2) is 11.4 Å². The molecule has 0 radical (unpaired) electrons. The minimum absolute atomic E-state index is 0.0183. The molecule has 27 heavy (non-hydrogen) atoms. The Bertz CT molecular complexity index is 763. The van der Waals surface area contributed by atoms with Crippen molar-refractivity contribution in [1.82, 2.24) is 14.9 Å². The van der Waals surface area contributed by atoms with E-state index in [1.54, 1.807) is 0 Å². The predicted octanol–water partition coefficient (Wildman–Crippen LogP) is 2.24. The lowest BCUT2D eigenvalue weighted by Crippen LogP contribution is -2.34. The normalized spacial score (nSPS) is 20.8. The van der Waals surface area contributed by atoms with E-state index in [2.05, 4.69) is 22.1 Å². The smallest absolute Gasteiger partial charge is 0.308 e. The molecule has 1 fully saturated rings. The van der Waals surface area contributed by atoms with Gasteiger partial charge in [0, 0.05) is 0 Å². The molecule has 2 heterocycles. The van der Waals surface area contributed by atoms with Crippen LogP contribution in [-0.4, -0.2) is 45.8 Å². The summed E-state index contributed by atoms with van der Waals surface area (Å²) in [6.45, 7) is 0.0603. The molecule has 2 aliphatic carbocycles. The summed E-state index contributed by atoms with van der Waals surface area (Å²) in [6.07, 6.45) is 11.2. The Hall–Kier alpha value is -2.57. The van der Waals surface area contributed by atoms with Gasteiger partial charge in [-0.15, -0.1) is 0 Å². The molecule has 2 amide bonds. The molecule has 1 aliphatic heterocycles. The van der Waals surface area contributed by atoms with Gasteiger partial charge in [-0.2, -0.15) is 0 Å². The maximum Gasteiger partial charge on any atom is 0.308 e. The zero-order valence-electron chi connectivity index (χ0n) is 15.3. The summed E-state index contributed by atoms with van der Waals surface area (Å²) in [4.78, 5) is 47.3. The van der Waals surface area contributed by atoms with Crippen LogP contribution in [0.5, 0.6) is 0 Å². The van der Waals surface area contributed by atoms with Crippen LogP contribution < -0.4 is 0 Å². The number of aromatic nitrogens is 2. The topological polar surface area (TPSA) is 89.5 Å². The van der Waals surface area contributed by atoms with Crippen molar-refractivity contribution in [3.8, 4) is 0 Å². The van der Waals surface area contributed by atoms with Crippen LogP contribution in [0.3, 0.4) is 0 Å². The molecular weight excluding hydrogens is 346 g/mol. The lowest BCUT2D eigenvalue weighted by atomic mass is 10.1. The third kappa shape index (κ3) is 3.50. The standard InChI is InChI=1S/C20H23N3O4/c24-18-16-17(22-15-10-4-2-1-3-9-14(15)21-16)19(25)23(18)11-12-27-20(26)13-7-5-6-8-13/h1-2,13H,3-12H2/b2-1+. The number of aryl methyl sites for hydroxylation is 2. The number of hydrogen-bond donors (Lipinski definition) is 0. The maximum absolute atomic E-state index is 12.6. The molecule has 4 rings (SSSR count). The Labute approximate surface area is 157 Å². The lowest BCUT2D eigenvalue weighted by Gasteiger charge is -2.14. The van der Waals surface area contributed by atoms with Crippen LogP contribution in [0, 0.1) is 5.92 Å². The summed E-state index contributed by atoms with van der Waals surface area (Å²) in [7, 11) is 0. The van der Waals surface area contributed by atoms with E-state index >= 15 is 0 Å². The number of imide groups is 1. The van der Waals surface area contributed by atoms with E-state index in [1.165, 1.54) is 0 Å². The van der Waals surface area contributed by atoms with E-state index < -0.39 is 11.8 Å². The molecule has 3 aliphatic rings. The van der Waals surface area contributed by atoms with Crippen molar-refractivity contribution < 1.29 is 19.1 Å². The van der Waals surface area contributed by atoms with Crippen molar-refractivity contribution in [2.45, 2.75) is 51.4 Å². The summed E-state index contributed by atoms with van der Waals surface area (Å²) in [5.41, 5.74) is 1.86. The summed E-state index contributed by atoms with van der Waals surface area (Å²) in [5.74, 6) is -1.15. The van der Waals surface area contributed by atoms with Gasteiger partial charge < -0.3 is 4.74 Å². The van der Waals surface area contributed by atoms with Crippen molar-refractivity contribution in [1.29, 1.82) is 0 Å². The number of hydrogen-bond acceptors (Lipinski definition) is 6. The highest BCUT2D eigenvalue weighted by atomic mass is 16.5. The highest BCUT2D eigenvalue weighted by Gasteiger charge is 2.39. The second-order valence-corrected chi connectivity index (χ2v) is 7.27. The molecule has 142 valence electrons. The highest BCUT2D eigenvalue weighted by Crippen LogP contribution is 2.26. The van der Waals surface area contributed by atoms with E-state index in [0.29, 0.717) is 12.8 Å². The molecule has 7 nitrogen and oxygen atoms in total. The molecule has 1 saturated carbocycles. The molecule has 7 heteroatoms. The van der Waals surface area contributed by atoms with Crippen molar-refractivity contribution in [3.63, 3.8) is 0 Å². The minimum atomic E-state index is -0.445. The molecule has 0 unspecified atom stereocenters. The van der Waals surface area contributed by atoms with Gasteiger partial charge in [-0.3, -0.25) is 19.3 Å². The third-order valence-electron chi connectivity index (χ3n) is 5.46. The number of esters is 1. The first kappa shape index (κ1) is 17.8. The van der Waals surface area contributed by atoms with Crippen molar-refractivity contribution in [3.05, 3.63) is 34.9 Å². The predicted molar refractivity (Wildman–Crippen MR) is 96.1 cm³/mol. The van der Waals surface area contributed by atoms with E-state index in [1.807, 2.05) is 0 Å². The molecule has 0 spiro atoms. The molecule has 0 bridgehead atoms. The van der Waals surface area contributed by atoms with Gasteiger partial charge in [-0.1, -0.05) is 25.0 Å². The fourth-order valence-corrected chi connectivity index (χ4v) is 3.95. The number of nitrogens with zero attached hydrogens (tertiary/aromatic N) is 3. The van der Waals surface area contributed by atoms with Crippen LogP contribution in [0.2, 0.25) is 0 Å². The number of carbonyl (C=O) groups excluding carboxylic acids is 3. The number of amides is 2. The van der Waals surface area contributed by atoms with E-state index in [0.717, 1.165) is 54.8 Å². The molecule has 0 atom stereocenters. The molecule has 0 saturated heterocycles. The van der Waals surface area contributed by atoms with E-state index in [9.17, 15) is 14.4 Å². The fourth-order valence-electron chi connectivity index (χ4n) is 3.95. The molecular formula is C20H23N3O4. The van der Waals surface area contributed by atoms with Crippen LogP contribution in [0.15, 0.2) is 12.2 Å². The molecule has 0 aromatic carbocycles. The Morgan fingerprint density at radius 2 is 1.56 bits per heavy atom. The Morgan fingerprint density at radius 3 is 2.11 bits per heavy atom. The number of carbonyl (C=O) groups is 3. The average molecular weight is 369 g/mol. The summed E-state index contributed by atoms with van der Waals surface area (Å²) in [6, 6.07) is 0. The second kappa shape index (κ2) is 7.58. The first-order valence-electron chi connectivity index (χ1n) is 9.73. The van der Waals surface area contributed by atoms with Crippen molar-refractivity contribution in [2.75, 3.05) is 13.2 Å². The van der Waals surface area contributed by atoms with Gasteiger partial charge >= 0.3 is 5.97 Å². The van der Waals surface area contributed by atoms with Crippen LogP contribution in [0.25, 0.3) is 0 Å². The number of ether oxygens (including phenoxy) is 1. The zero-order chi connectivity index (χ0) is 18.8. The monoisotopic (exact) mass is 369 g/mol. The summed E-state index contributed by atoms with van der Waals surface area (Å²) < 4.78 is 5.28. The van der Waals surface area contributed by atoms with Gasteiger partial charge in [-0.25, -0.2) is 9.97 Å². The van der Waals surface area contributed by atoms with Crippen molar-refractivity contribution in [2.24, 2.45) is 5.92 Å². The second-order valence-electron chi connectivity index (χ2n) is 7.27. The quantitative estimate of drug-likeness (QED) is 0.459. The summed E-state index contributed by atoms with van der Waals surface area (Å²) >= 11 is 0. The van der Waals surface area contributed by atoms with Crippen LogP contribution >= 0.6 is 0 Å². The first-order valence-corrected chi connectivity index (χ1v) is 9.73. The third-order valence-corrected chi connectivity index (χ3v) is 5.46. The number of rotatable bonds is 4. The number of allylic oxidation sites excluding steroid dienone is 2. The SMILES string of the molecule is O=C(OCCN1C(=O)c2nc3c(nc2C1=O)CC/C=C/CC3)C1CCCC1.